The largest absolute Gasteiger partial charge is 0.493 e. The first-order valence-corrected chi connectivity index (χ1v) is 7.00. The van der Waals surface area contributed by atoms with Crippen molar-refractivity contribution < 1.29 is 9.47 Å². The maximum atomic E-state index is 9.48. The van der Waals surface area contributed by atoms with Crippen LogP contribution in [0.25, 0.3) is 27.6 Å². The Morgan fingerprint density at radius 3 is 2.48 bits per heavy atom. The van der Waals surface area contributed by atoms with Gasteiger partial charge in [-0.2, -0.15) is 5.26 Å². The van der Waals surface area contributed by atoms with Crippen molar-refractivity contribution in [2.24, 2.45) is 0 Å². The fourth-order valence-corrected chi connectivity index (χ4v) is 2.80. The number of nitriles is 1. The third-order valence-electron chi connectivity index (χ3n) is 3.84. The molecule has 0 amide bonds. The molecule has 23 heavy (non-hydrogen) atoms. The summed E-state index contributed by atoms with van der Waals surface area (Å²) >= 11 is 0. The molecule has 0 unspecified atom stereocenters. The molecule has 0 aliphatic rings. The van der Waals surface area contributed by atoms with E-state index in [-0.39, 0.29) is 5.82 Å². The van der Waals surface area contributed by atoms with Crippen molar-refractivity contribution in [3.8, 4) is 17.6 Å². The smallest absolute Gasteiger partial charge is 0.219 e. The van der Waals surface area contributed by atoms with Crippen LogP contribution in [0.15, 0.2) is 36.4 Å². The van der Waals surface area contributed by atoms with Crippen molar-refractivity contribution in [1.29, 1.82) is 5.26 Å². The molecule has 0 saturated carbocycles. The first-order valence-electron chi connectivity index (χ1n) is 7.00. The van der Waals surface area contributed by atoms with Gasteiger partial charge in [-0.25, -0.2) is 9.97 Å². The minimum Gasteiger partial charge on any atom is -0.493 e. The van der Waals surface area contributed by atoms with Crippen molar-refractivity contribution in [3.63, 3.8) is 0 Å². The zero-order valence-corrected chi connectivity index (χ0v) is 12.6. The van der Waals surface area contributed by atoms with Crippen LogP contribution in [0, 0.1) is 11.3 Å². The Labute approximate surface area is 131 Å². The topological polar surface area (TPSA) is 72.4 Å². The van der Waals surface area contributed by atoms with Gasteiger partial charge in [-0.1, -0.05) is 12.1 Å². The molecule has 2 heterocycles. The number of fused-ring (bicyclic) bond motifs is 5. The van der Waals surface area contributed by atoms with Crippen LogP contribution in [0.4, 0.5) is 0 Å². The van der Waals surface area contributed by atoms with E-state index >= 15 is 0 Å². The summed E-state index contributed by atoms with van der Waals surface area (Å²) in [5.74, 6) is 1.46. The van der Waals surface area contributed by atoms with E-state index in [9.17, 15) is 5.26 Å². The third kappa shape index (κ3) is 1.80. The highest BCUT2D eigenvalue weighted by molar-refractivity contribution is 5.97. The number of imidazole rings is 1. The quantitative estimate of drug-likeness (QED) is 0.569. The van der Waals surface area contributed by atoms with Crippen LogP contribution < -0.4 is 9.47 Å². The van der Waals surface area contributed by atoms with Crippen LogP contribution in [0.1, 0.15) is 5.82 Å². The molecule has 112 valence electrons. The SMILES string of the molecule is COc1cc2nc3c4ccccc4nc(C#N)n3c2cc1OC. The highest BCUT2D eigenvalue weighted by Gasteiger charge is 2.16. The molecule has 4 rings (SSSR count). The van der Waals surface area contributed by atoms with E-state index in [1.54, 1.807) is 24.7 Å². The van der Waals surface area contributed by atoms with Gasteiger partial charge in [0, 0.05) is 17.5 Å². The second-order valence-electron chi connectivity index (χ2n) is 5.03. The molecule has 4 aromatic rings. The van der Waals surface area contributed by atoms with Crippen molar-refractivity contribution in [2.45, 2.75) is 0 Å². The van der Waals surface area contributed by atoms with Gasteiger partial charge in [0.15, 0.2) is 11.5 Å². The molecule has 0 saturated heterocycles. The minimum atomic E-state index is 0.286. The van der Waals surface area contributed by atoms with Crippen LogP contribution in [-0.2, 0) is 0 Å². The van der Waals surface area contributed by atoms with Gasteiger partial charge in [0.05, 0.1) is 30.8 Å². The Balaban J connectivity index is 2.25. The molecule has 6 nitrogen and oxygen atoms in total. The summed E-state index contributed by atoms with van der Waals surface area (Å²) in [6.07, 6.45) is 0. The van der Waals surface area contributed by atoms with Crippen LogP contribution in [0.3, 0.4) is 0 Å². The van der Waals surface area contributed by atoms with Crippen LogP contribution in [0.2, 0.25) is 0 Å². The van der Waals surface area contributed by atoms with E-state index in [0.29, 0.717) is 17.1 Å². The first kappa shape index (κ1) is 13.3. The molecule has 0 bridgehead atoms. The Morgan fingerprint density at radius 1 is 1.00 bits per heavy atom. The Morgan fingerprint density at radius 2 is 1.74 bits per heavy atom. The molecule has 2 aromatic carbocycles. The number of methoxy groups -OCH3 is 2. The molecule has 0 radical (unpaired) electrons. The Bertz CT molecular complexity index is 1110. The first-order chi connectivity index (χ1) is 11.3. The van der Waals surface area contributed by atoms with E-state index in [1.807, 2.05) is 30.3 Å². The van der Waals surface area contributed by atoms with Crippen LogP contribution in [0.5, 0.6) is 11.5 Å². The lowest BCUT2D eigenvalue weighted by Gasteiger charge is -2.07. The van der Waals surface area contributed by atoms with Gasteiger partial charge in [-0.05, 0) is 12.1 Å². The van der Waals surface area contributed by atoms with Crippen molar-refractivity contribution in [3.05, 3.63) is 42.2 Å². The standard InChI is InChI=1S/C17H12N4O2/c1-22-14-7-12-13(8-15(14)23-2)21-16(9-18)19-11-6-4-3-5-10(11)17(21)20-12/h3-8H,1-2H3. The predicted octanol–water partition coefficient (Wildman–Crippen LogP) is 2.92. The van der Waals surface area contributed by atoms with Crippen molar-refractivity contribution in [1.82, 2.24) is 14.4 Å². The molecule has 0 aliphatic carbocycles. The average Bonchev–Trinajstić information content (AvgIpc) is 2.98. The lowest BCUT2D eigenvalue weighted by atomic mass is 10.2. The van der Waals surface area contributed by atoms with Crippen LogP contribution in [-0.4, -0.2) is 28.6 Å². The van der Waals surface area contributed by atoms with E-state index in [2.05, 4.69) is 16.0 Å². The molecule has 0 N–H and O–H groups in total. The summed E-state index contributed by atoms with van der Waals surface area (Å²) in [6, 6.07) is 13.4. The molecular weight excluding hydrogens is 292 g/mol. The maximum absolute atomic E-state index is 9.48. The summed E-state index contributed by atoms with van der Waals surface area (Å²) in [4.78, 5) is 9.10. The highest BCUT2D eigenvalue weighted by Crippen LogP contribution is 2.33. The van der Waals surface area contributed by atoms with E-state index in [4.69, 9.17) is 9.47 Å². The van der Waals surface area contributed by atoms with Gasteiger partial charge in [0.25, 0.3) is 0 Å². The molecule has 0 atom stereocenters. The van der Waals surface area contributed by atoms with Gasteiger partial charge >= 0.3 is 0 Å². The van der Waals surface area contributed by atoms with Gasteiger partial charge < -0.3 is 9.47 Å². The van der Waals surface area contributed by atoms with E-state index in [0.717, 1.165) is 21.9 Å². The van der Waals surface area contributed by atoms with Crippen molar-refractivity contribution in [2.75, 3.05) is 14.2 Å². The van der Waals surface area contributed by atoms with Crippen molar-refractivity contribution >= 4 is 27.6 Å². The summed E-state index contributed by atoms with van der Waals surface area (Å²) in [5.41, 5.74) is 2.91. The monoisotopic (exact) mass is 304 g/mol. The van der Waals surface area contributed by atoms with Gasteiger partial charge in [-0.15, -0.1) is 0 Å². The number of rotatable bonds is 2. The molecule has 0 fully saturated rings. The number of ether oxygens (including phenoxy) is 2. The fraction of sp³-hybridized carbons (Fsp3) is 0.118. The summed E-state index contributed by atoms with van der Waals surface area (Å²) in [6.45, 7) is 0. The van der Waals surface area contributed by atoms with Gasteiger partial charge in [-0.3, -0.25) is 4.40 Å². The fourth-order valence-electron chi connectivity index (χ4n) is 2.80. The number of aromatic nitrogens is 3. The lowest BCUT2D eigenvalue weighted by molar-refractivity contribution is 0.355. The summed E-state index contributed by atoms with van der Waals surface area (Å²) in [5, 5.41) is 10.4. The van der Waals surface area contributed by atoms with Gasteiger partial charge in [0.1, 0.15) is 11.7 Å². The normalized spacial score (nSPS) is 11.0. The van der Waals surface area contributed by atoms with Gasteiger partial charge in [0.2, 0.25) is 5.82 Å². The number of nitrogens with zero attached hydrogens (tertiary/aromatic N) is 4. The molecule has 6 heteroatoms. The van der Waals surface area contributed by atoms with Crippen LogP contribution >= 0.6 is 0 Å². The minimum absolute atomic E-state index is 0.286. The molecule has 2 aromatic heterocycles. The summed E-state index contributed by atoms with van der Waals surface area (Å²) in [7, 11) is 3.16. The molecular formula is C17H12N4O2. The summed E-state index contributed by atoms with van der Waals surface area (Å²) < 4.78 is 12.4. The lowest BCUT2D eigenvalue weighted by Crippen LogP contribution is -1.98. The Hall–Kier alpha value is -3.33. The molecule has 0 aliphatic heterocycles. The number of para-hydroxylation sites is 1. The van der Waals surface area contributed by atoms with E-state index < -0.39 is 0 Å². The maximum Gasteiger partial charge on any atom is 0.219 e. The number of hydrogen-bond donors (Lipinski definition) is 0. The highest BCUT2D eigenvalue weighted by atomic mass is 16.5. The second kappa shape index (κ2) is 4.85. The number of benzene rings is 2. The zero-order chi connectivity index (χ0) is 16.0. The average molecular weight is 304 g/mol. The zero-order valence-electron chi connectivity index (χ0n) is 12.6. The van der Waals surface area contributed by atoms with E-state index in [1.165, 1.54) is 0 Å². The molecule has 0 spiro atoms. The second-order valence-corrected chi connectivity index (χ2v) is 5.03. The predicted molar refractivity (Wildman–Crippen MR) is 85.8 cm³/mol. The number of hydrogen-bond acceptors (Lipinski definition) is 5. The Kier molecular flexibility index (Phi) is 2.81. The third-order valence-corrected chi connectivity index (χ3v) is 3.84.